The summed E-state index contributed by atoms with van der Waals surface area (Å²) in [6.45, 7) is 1.88. The SMILES string of the molecule is COc1ccc(C)cc1S(=O)(=O)Nc1cc(N2CCNC(C(F)(F)F)C2)c2occc2c1.Cl. The summed E-state index contributed by atoms with van der Waals surface area (Å²) < 4.78 is 79.2. The van der Waals surface area contributed by atoms with Crippen molar-refractivity contribution in [1.29, 1.82) is 0 Å². The lowest BCUT2D eigenvalue weighted by atomic mass is 10.1. The Morgan fingerprint density at radius 1 is 1.21 bits per heavy atom. The summed E-state index contributed by atoms with van der Waals surface area (Å²) >= 11 is 0. The summed E-state index contributed by atoms with van der Waals surface area (Å²) in [6, 6.07) is 7.78. The van der Waals surface area contributed by atoms with Crippen LogP contribution in [0.1, 0.15) is 5.56 Å². The Labute approximate surface area is 195 Å². The summed E-state index contributed by atoms with van der Waals surface area (Å²) in [6.07, 6.45) is -2.98. The number of alkyl halides is 3. The van der Waals surface area contributed by atoms with Crippen molar-refractivity contribution in [3.63, 3.8) is 0 Å². The third-order valence-corrected chi connectivity index (χ3v) is 6.71. The van der Waals surface area contributed by atoms with Crippen LogP contribution in [0.5, 0.6) is 5.75 Å². The molecule has 1 unspecified atom stereocenters. The molecule has 1 aliphatic heterocycles. The van der Waals surface area contributed by atoms with Crippen molar-refractivity contribution in [3.05, 3.63) is 48.2 Å². The van der Waals surface area contributed by atoms with Crippen molar-refractivity contribution >= 4 is 44.8 Å². The molecule has 0 bridgehead atoms. The summed E-state index contributed by atoms with van der Waals surface area (Å²) in [7, 11) is -2.65. The summed E-state index contributed by atoms with van der Waals surface area (Å²) in [5.74, 6) is 0.183. The van der Waals surface area contributed by atoms with Gasteiger partial charge in [0.15, 0.2) is 5.58 Å². The lowest BCUT2D eigenvalue weighted by molar-refractivity contribution is -0.155. The molecule has 1 saturated heterocycles. The number of sulfonamides is 1. The summed E-state index contributed by atoms with van der Waals surface area (Å²) in [5.41, 5.74) is 1.72. The van der Waals surface area contributed by atoms with Crippen LogP contribution in [0.2, 0.25) is 0 Å². The Morgan fingerprint density at radius 2 is 1.97 bits per heavy atom. The highest BCUT2D eigenvalue weighted by atomic mass is 35.5. The van der Waals surface area contributed by atoms with Gasteiger partial charge in [0.2, 0.25) is 0 Å². The van der Waals surface area contributed by atoms with Gasteiger partial charge in [0.1, 0.15) is 16.7 Å². The minimum Gasteiger partial charge on any atom is -0.495 e. The maximum absolute atomic E-state index is 13.3. The van der Waals surface area contributed by atoms with Gasteiger partial charge in [-0.2, -0.15) is 13.2 Å². The van der Waals surface area contributed by atoms with Crippen molar-refractivity contribution in [2.24, 2.45) is 0 Å². The van der Waals surface area contributed by atoms with Gasteiger partial charge in [-0.1, -0.05) is 6.07 Å². The number of furan rings is 1. The number of halogens is 4. The topological polar surface area (TPSA) is 83.8 Å². The Balaban J connectivity index is 0.00000306. The first kappa shape index (κ1) is 25.0. The summed E-state index contributed by atoms with van der Waals surface area (Å²) in [5, 5.41) is 3.04. The van der Waals surface area contributed by atoms with Crippen LogP contribution in [0.4, 0.5) is 24.5 Å². The van der Waals surface area contributed by atoms with Crippen LogP contribution >= 0.6 is 12.4 Å². The van der Waals surface area contributed by atoms with E-state index in [4.69, 9.17) is 9.15 Å². The Hall–Kier alpha value is -2.63. The Kier molecular flexibility index (Phi) is 7.06. The number of hydrogen-bond donors (Lipinski definition) is 2. The molecular formula is C21H23ClF3N3O4S. The molecule has 4 rings (SSSR count). The molecule has 0 amide bonds. The second-order valence-electron chi connectivity index (χ2n) is 7.59. The van der Waals surface area contributed by atoms with Crippen LogP contribution in [-0.2, 0) is 10.0 Å². The third-order valence-electron chi connectivity index (χ3n) is 5.30. The maximum Gasteiger partial charge on any atom is 0.405 e. The lowest BCUT2D eigenvalue weighted by Crippen LogP contribution is -2.57. The van der Waals surface area contributed by atoms with E-state index in [0.717, 1.165) is 5.56 Å². The fourth-order valence-electron chi connectivity index (χ4n) is 3.75. The first-order valence-electron chi connectivity index (χ1n) is 9.82. The minimum atomic E-state index is -4.40. The van der Waals surface area contributed by atoms with Crippen molar-refractivity contribution in [2.45, 2.75) is 24.0 Å². The van der Waals surface area contributed by atoms with E-state index in [1.165, 1.54) is 25.5 Å². The van der Waals surface area contributed by atoms with E-state index < -0.39 is 22.2 Å². The van der Waals surface area contributed by atoms with Gasteiger partial charge in [-0.25, -0.2) is 8.42 Å². The number of methoxy groups -OCH3 is 1. The van der Waals surface area contributed by atoms with Gasteiger partial charge < -0.3 is 19.4 Å². The van der Waals surface area contributed by atoms with Crippen molar-refractivity contribution in [2.75, 3.05) is 36.4 Å². The molecule has 180 valence electrons. The smallest absolute Gasteiger partial charge is 0.405 e. The van der Waals surface area contributed by atoms with E-state index in [0.29, 0.717) is 23.2 Å². The molecule has 33 heavy (non-hydrogen) atoms. The number of hydrogen-bond acceptors (Lipinski definition) is 6. The largest absolute Gasteiger partial charge is 0.495 e. The normalized spacial score (nSPS) is 17.0. The summed E-state index contributed by atoms with van der Waals surface area (Å²) in [4.78, 5) is 1.51. The van der Waals surface area contributed by atoms with Crippen LogP contribution in [0.15, 0.2) is 52.0 Å². The highest BCUT2D eigenvalue weighted by molar-refractivity contribution is 7.92. The highest BCUT2D eigenvalue weighted by Gasteiger charge is 2.42. The monoisotopic (exact) mass is 505 g/mol. The zero-order chi connectivity index (χ0) is 23.1. The molecular weight excluding hydrogens is 483 g/mol. The molecule has 2 heterocycles. The number of piperazine rings is 1. The molecule has 1 aliphatic rings. The van der Waals surface area contributed by atoms with Gasteiger partial charge in [0, 0.05) is 25.0 Å². The number of rotatable bonds is 5. The number of ether oxygens (including phenoxy) is 1. The number of nitrogens with one attached hydrogen (secondary N) is 2. The van der Waals surface area contributed by atoms with Crippen LogP contribution < -0.4 is 19.7 Å². The van der Waals surface area contributed by atoms with Crippen molar-refractivity contribution in [3.8, 4) is 5.75 Å². The average molecular weight is 506 g/mol. The van der Waals surface area contributed by atoms with E-state index in [1.54, 1.807) is 36.1 Å². The molecule has 7 nitrogen and oxygen atoms in total. The fraction of sp³-hybridized carbons (Fsp3) is 0.333. The molecule has 1 fully saturated rings. The number of nitrogens with zero attached hydrogens (tertiary/aromatic N) is 1. The van der Waals surface area contributed by atoms with Gasteiger partial charge >= 0.3 is 6.18 Å². The number of anilines is 2. The standard InChI is InChI=1S/C21H22F3N3O4S.ClH/c1-13-3-4-17(30-2)18(9-13)32(28,29)26-15-10-14-5-8-31-20(14)16(11-15)27-7-6-25-19(12-27)21(22,23)24;/h3-5,8-11,19,25-26H,6-7,12H2,1-2H3;1H. The molecule has 3 aromatic rings. The van der Waals surface area contributed by atoms with Gasteiger partial charge in [0.25, 0.3) is 10.0 Å². The van der Waals surface area contributed by atoms with Crippen LogP contribution in [0, 0.1) is 6.92 Å². The molecule has 1 atom stereocenters. The molecule has 0 spiro atoms. The molecule has 0 aliphatic carbocycles. The zero-order valence-electron chi connectivity index (χ0n) is 17.8. The number of benzene rings is 2. The molecule has 1 aromatic heterocycles. The highest BCUT2D eigenvalue weighted by Crippen LogP contribution is 2.35. The number of aryl methyl sites for hydroxylation is 1. The molecule has 2 aromatic carbocycles. The van der Waals surface area contributed by atoms with E-state index in [-0.39, 0.29) is 41.8 Å². The van der Waals surface area contributed by atoms with Crippen molar-refractivity contribution < 1.29 is 30.7 Å². The van der Waals surface area contributed by atoms with Crippen LogP contribution in [0.3, 0.4) is 0 Å². The first-order chi connectivity index (χ1) is 15.1. The second kappa shape index (κ2) is 9.32. The fourth-order valence-corrected chi connectivity index (χ4v) is 5.04. The maximum atomic E-state index is 13.3. The van der Waals surface area contributed by atoms with Gasteiger partial charge in [-0.3, -0.25) is 4.72 Å². The first-order valence-corrected chi connectivity index (χ1v) is 11.3. The van der Waals surface area contributed by atoms with Crippen LogP contribution in [0.25, 0.3) is 11.0 Å². The molecule has 0 saturated carbocycles. The van der Waals surface area contributed by atoms with Crippen LogP contribution in [-0.4, -0.2) is 47.4 Å². The van der Waals surface area contributed by atoms with E-state index in [9.17, 15) is 21.6 Å². The minimum absolute atomic E-state index is 0. The lowest BCUT2D eigenvalue weighted by Gasteiger charge is -2.36. The molecule has 12 heteroatoms. The Bertz CT molecular complexity index is 1250. The van der Waals surface area contributed by atoms with E-state index in [1.807, 2.05) is 0 Å². The second-order valence-corrected chi connectivity index (χ2v) is 9.24. The molecule has 2 N–H and O–H groups in total. The van der Waals surface area contributed by atoms with Gasteiger partial charge in [-0.15, -0.1) is 12.4 Å². The third kappa shape index (κ3) is 5.15. The quantitative estimate of drug-likeness (QED) is 0.537. The predicted octanol–water partition coefficient (Wildman–Crippen LogP) is 4.31. The van der Waals surface area contributed by atoms with Gasteiger partial charge in [-0.05, 0) is 42.8 Å². The van der Waals surface area contributed by atoms with E-state index in [2.05, 4.69) is 10.0 Å². The Morgan fingerprint density at radius 3 is 2.67 bits per heavy atom. The van der Waals surface area contributed by atoms with E-state index >= 15 is 0 Å². The zero-order valence-corrected chi connectivity index (χ0v) is 19.4. The number of fused-ring (bicyclic) bond motifs is 1. The molecule has 0 radical (unpaired) electrons. The van der Waals surface area contributed by atoms with Gasteiger partial charge in [0.05, 0.1) is 24.7 Å². The van der Waals surface area contributed by atoms with Crippen molar-refractivity contribution in [1.82, 2.24) is 5.32 Å². The average Bonchev–Trinajstić information content (AvgIpc) is 3.21. The predicted molar refractivity (Wildman–Crippen MR) is 122 cm³/mol.